The van der Waals surface area contributed by atoms with Gasteiger partial charge in [0.1, 0.15) is 11.3 Å². The van der Waals surface area contributed by atoms with Crippen LogP contribution in [-0.4, -0.2) is 64.0 Å². The molecule has 3 rings (SSSR count). The van der Waals surface area contributed by atoms with E-state index in [2.05, 4.69) is 81.4 Å². The van der Waals surface area contributed by atoms with Crippen molar-refractivity contribution in [2.24, 2.45) is 28.6 Å². The van der Waals surface area contributed by atoms with Crippen LogP contribution in [0.3, 0.4) is 0 Å². The fourth-order valence-electron chi connectivity index (χ4n) is 7.54. The number of phenolic OH excluding ortho intramolecular Hbond substituents is 1. The molecule has 1 fully saturated rings. The highest BCUT2D eigenvalue weighted by Crippen LogP contribution is 2.45. The third-order valence-corrected chi connectivity index (χ3v) is 12.6. The molecule has 7 nitrogen and oxygen atoms in total. The number of carbonyl (C=O) groups excluding carboxylic acids is 1. The van der Waals surface area contributed by atoms with Gasteiger partial charge in [-0.25, -0.2) is 4.79 Å². The summed E-state index contributed by atoms with van der Waals surface area (Å²) in [5, 5.41) is 38.0. The van der Waals surface area contributed by atoms with Gasteiger partial charge in [-0.15, -0.1) is 0 Å². The minimum atomic E-state index is -0.454. The van der Waals surface area contributed by atoms with Crippen molar-refractivity contribution in [3.63, 3.8) is 0 Å². The average Bonchev–Trinajstić information content (AvgIpc) is 3.44. The zero-order chi connectivity index (χ0) is 44.3. The number of phenols is 1. The third-order valence-electron chi connectivity index (χ3n) is 12.6. The van der Waals surface area contributed by atoms with E-state index in [0.717, 1.165) is 62.9 Å². The fraction of sp³-hybridized carbons (Fsp3) is 0.784. The molecule has 58 heavy (non-hydrogen) atoms. The molecule has 2 aliphatic rings. The Bertz CT molecular complexity index is 1260. The van der Waals surface area contributed by atoms with Gasteiger partial charge in [-0.1, -0.05) is 144 Å². The summed E-state index contributed by atoms with van der Waals surface area (Å²) in [6.07, 6.45) is 22.2. The Kier molecular flexibility index (Phi) is 29.6. The van der Waals surface area contributed by atoms with Crippen molar-refractivity contribution in [3.8, 4) is 5.75 Å². The van der Waals surface area contributed by atoms with Crippen molar-refractivity contribution in [1.29, 1.82) is 0 Å². The van der Waals surface area contributed by atoms with Gasteiger partial charge in [0.15, 0.2) is 0 Å². The SMILES string of the molecule is CC1=CCC(CCC(C)C(C)O)C1(C)C.CCC(O)COC1CCCCC1C(C)(C)C.CCC=C(C)C(O)CCCCC.CCCCCOC(=O)c1ccccc1O. The van der Waals surface area contributed by atoms with Crippen molar-refractivity contribution in [2.45, 2.75) is 217 Å². The zero-order valence-corrected chi connectivity index (χ0v) is 39.7. The molecule has 338 valence electrons. The first-order valence-corrected chi connectivity index (χ1v) is 23.2. The van der Waals surface area contributed by atoms with E-state index >= 15 is 0 Å². The summed E-state index contributed by atoms with van der Waals surface area (Å²) < 4.78 is 10.9. The number of hydrogen-bond acceptors (Lipinski definition) is 7. The topological polar surface area (TPSA) is 116 Å². The van der Waals surface area contributed by atoms with E-state index in [1.165, 1.54) is 63.0 Å². The standard InChI is InChI=1S/C14H28O2.C14H26O.C12H16O3.C11H22O/c1-5-11(15)10-16-13-9-7-6-8-12(13)14(2,3)4;1-10(12(3)15)6-8-13-9-7-11(2)14(13,4)5;1-2-3-6-9-15-12(14)10-7-4-5-8-11(10)13;1-4-6-7-9-11(12)10(3)8-5-2/h11-13,15H,5-10H2,1-4H3;7,10,12-13,15H,6,8-9H2,1-5H3;4-5,7-8,13H,2-3,6,9H2,1H3;8,11-12H,4-7,9H2,1-3H3. The van der Waals surface area contributed by atoms with E-state index in [4.69, 9.17) is 9.47 Å². The lowest BCUT2D eigenvalue weighted by Crippen LogP contribution is -2.38. The van der Waals surface area contributed by atoms with Gasteiger partial charge in [-0.2, -0.15) is 0 Å². The number of rotatable bonds is 19. The molecule has 4 N–H and O–H groups in total. The number of benzene rings is 1. The Hall–Kier alpha value is -2.19. The van der Waals surface area contributed by atoms with Crippen LogP contribution in [0.1, 0.15) is 203 Å². The summed E-state index contributed by atoms with van der Waals surface area (Å²) in [7, 11) is 0. The molecule has 2 aliphatic carbocycles. The molecule has 0 heterocycles. The Morgan fingerprint density at radius 2 is 1.55 bits per heavy atom. The van der Waals surface area contributed by atoms with Crippen LogP contribution in [0.4, 0.5) is 0 Å². The van der Waals surface area contributed by atoms with E-state index in [1.807, 2.05) is 20.8 Å². The summed E-state index contributed by atoms with van der Waals surface area (Å²) in [6, 6.07) is 6.39. The van der Waals surface area contributed by atoms with Gasteiger partial charge in [-0.3, -0.25) is 0 Å². The maximum atomic E-state index is 11.4. The van der Waals surface area contributed by atoms with Gasteiger partial charge >= 0.3 is 5.97 Å². The van der Waals surface area contributed by atoms with Crippen LogP contribution >= 0.6 is 0 Å². The third kappa shape index (κ3) is 23.0. The number of aromatic hydroxyl groups is 1. The number of para-hydroxylation sites is 1. The molecule has 0 aromatic heterocycles. The first-order chi connectivity index (χ1) is 27.3. The maximum Gasteiger partial charge on any atom is 0.341 e. The molecule has 1 aromatic rings. The van der Waals surface area contributed by atoms with Gasteiger partial charge in [0.2, 0.25) is 0 Å². The molecule has 1 saturated carbocycles. The van der Waals surface area contributed by atoms with Crippen molar-refractivity contribution in [1.82, 2.24) is 0 Å². The average molecular weight is 817 g/mol. The van der Waals surface area contributed by atoms with Crippen LogP contribution in [0.15, 0.2) is 47.6 Å². The molecule has 0 amide bonds. The molecule has 0 bridgehead atoms. The molecule has 0 aliphatic heterocycles. The molecule has 7 unspecified atom stereocenters. The molecule has 7 heteroatoms. The molecule has 1 aromatic carbocycles. The quantitative estimate of drug-likeness (QED) is 0.0624. The number of hydrogen-bond donors (Lipinski definition) is 4. The summed E-state index contributed by atoms with van der Waals surface area (Å²) in [5.74, 6) is 1.37. The summed E-state index contributed by atoms with van der Waals surface area (Å²) in [6.45, 7) is 29.2. The number of carbonyl (C=O) groups is 1. The number of unbranched alkanes of at least 4 members (excludes halogenated alkanes) is 4. The minimum absolute atomic E-state index is 0.0296. The lowest BCUT2D eigenvalue weighted by Gasteiger charge is -2.40. The van der Waals surface area contributed by atoms with Crippen molar-refractivity contribution in [2.75, 3.05) is 13.2 Å². The monoisotopic (exact) mass is 817 g/mol. The second-order valence-electron chi connectivity index (χ2n) is 18.8. The van der Waals surface area contributed by atoms with Gasteiger partial charge < -0.3 is 29.9 Å². The Balaban J connectivity index is 0.000000751. The number of aliphatic hydroxyl groups excluding tert-OH is 3. The number of allylic oxidation sites excluding steroid dienone is 3. The molecule has 0 spiro atoms. The normalized spacial score (nSPS) is 21.1. The number of aliphatic hydroxyl groups is 3. The smallest absolute Gasteiger partial charge is 0.341 e. The largest absolute Gasteiger partial charge is 0.507 e. The van der Waals surface area contributed by atoms with E-state index in [1.54, 1.807) is 18.2 Å². The van der Waals surface area contributed by atoms with Crippen LogP contribution < -0.4 is 0 Å². The van der Waals surface area contributed by atoms with Crippen LogP contribution in [0.25, 0.3) is 0 Å². The second kappa shape index (κ2) is 30.8. The Morgan fingerprint density at radius 1 is 0.931 bits per heavy atom. The summed E-state index contributed by atoms with van der Waals surface area (Å²) in [5.41, 5.74) is 3.60. The van der Waals surface area contributed by atoms with Crippen LogP contribution in [0, 0.1) is 28.6 Å². The van der Waals surface area contributed by atoms with Gasteiger partial charge in [0.25, 0.3) is 0 Å². The summed E-state index contributed by atoms with van der Waals surface area (Å²) >= 11 is 0. The number of ether oxygens (including phenoxy) is 2. The van der Waals surface area contributed by atoms with E-state index in [9.17, 15) is 25.2 Å². The molecular formula is C51H92O7. The predicted molar refractivity (Wildman–Crippen MR) is 245 cm³/mol. The highest BCUT2D eigenvalue weighted by molar-refractivity contribution is 5.92. The maximum absolute atomic E-state index is 11.4. The zero-order valence-electron chi connectivity index (χ0n) is 39.7. The van der Waals surface area contributed by atoms with Gasteiger partial charge in [0.05, 0.1) is 37.6 Å². The molecule has 7 atom stereocenters. The predicted octanol–water partition coefficient (Wildman–Crippen LogP) is 13.2. The summed E-state index contributed by atoms with van der Waals surface area (Å²) in [4.78, 5) is 11.4. The Morgan fingerprint density at radius 3 is 2.09 bits per heavy atom. The van der Waals surface area contributed by atoms with E-state index in [0.29, 0.717) is 42.0 Å². The molecular weight excluding hydrogens is 725 g/mol. The van der Waals surface area contributed by atoms with Crippen LogP contribution in [0.5, 0.6) is 5.75 Å². The number of esters is 1. The first kappa shape index (κ1) is 55.8. The van der Waals surface area contributed by atoms with Crippen molar-refractivity contribution < 1.29 is 34.7 Å². The first-order valence-electron chi connectivity index (χ1n) is 23.2. The fourth-order valence-corrected chi connectivity index (χ4v) is 7.54. The van der Waals surface area contributed by atoms with Crippen LogP contribution in [0.2, 0.25) is 0 Å². The minimum Gasteiger partial charge on any atom is -0.507 e. The highest BCUT2D eigenvalue weighted by Gasteiger charge is 2.35. The van der Waals surface area contributed by atoms with Crippen LogP contribution in [-0.2, 0) is 9.47 Å². The molecule has 0 saturated heterocycles. The van der Waals surface area contributed by atoms with E-state index < -0.39 is 5.97 Å². The van der Waals surface area contributed by atoms with E-state index in [-0.39, 0.29) is 29.6 Å². The van der Waals surface area contributed by atoms with Gasteiger partial charge in [-0.05, 0) is 125 Å². The lowest BCUT2D eigenvalue weighted by molar-refractivity contribution is -0.0756. The second-order valence-corrected chi connectivity index (χ2v) is 18.8. The lowest BCUT2D eigenvalue weighted by atomic mass is 9.70. The van der Waals surface area contributed by atoms with Gasteiger partial charge in [0, 0.05) is 0 Å². The Labute approximate surface area is 357 Å². The highest BCUT2D eigenvalue weighted by atomic mass is 16.5. The van der Waals surface area contributed by atoms with Crippen molar-refractivity contribution >= 4 is 5.97 Å². The van der Waals surface area contributed by atoms with Crippen molar-refractivity contribution in [3.05, 3.63) is 53.1 Å². The molecule has 0 radical (unpaired) electrons.